The highest BCUT2D eigenvalue weighted by atomic mass is 32.2. The largest absolute Gasteiger partial charge is 0.453 e. The van der Waals surface area contributed by atoms with Gasteiger partial charge >= 0.3 is 6.09 Å². The molecule has 0 bridgehead atoms. The molecule has 6 nitrogen and oxygen atoms in total. The van der Waals surface area contributed by atoms with E-state index in [2.05, 4.69) is 10.1 Å². The van der Waals surface area contributed by atoms with Crippen LogP contribution in [0, 0.1) is 0 Å². The molecule has 0 aliphatic carbocycles. The van der Waals surface area contributed by atoms with Gasteiger partial charge in [-0.2, -0.15) is 0 Å². The summed E-state index contributed by atoms with van der Waals surface area (Å²) in [6.07, 6.45) is 0.0354. The van der Waals surface area contributed by atoms with E-state index in [1.165, 1.54) is 11.4 Å². The molecule has 0 saturated carbocycles. The summed E-state index contributed by atoms with van der Waals surface area (Å²) >= 11 is 0. The normalized spacial score (nSPS) is 17.5. The number of nitrogens with zero attached hydrogens (tertiary/aromatic N) is 1. The average molecular weight is 270 g/mol. The Morgan fingerprint density at radius 1 is 1.44 bits per heavy atom. The maximum Gasteiger partial charge on any atom is 0.411 e. The zero-order valence-corrected chi connectivity index (χ0v) is 10.7. The number of rotatable bonds is 2. The van der Waals surface area contributed by atoms with E-state index in [9.17, 15) is 13.2 Å². The highest BCUT2D eigenvalue weighted by Gasteiger charge is 2.28. The minimum absolute atomic E-state index is 0.168. The molecule has 98 valence electrons. The molecule has 1 saturated heterocycles. The van der Waals surface area contributed by atoms with Crippen LogP contribution in [-0.4, -0.2) is 33.9 Å². The van der Waals surface area contributed by atoms with E-state index in [-0.39, 0.29) is 5.75 Å². The lowest BCUT2D eigenvalue weighted by Gasteiger charge is -2.17. The summed E-state index contributed by atoms with van der Waals surface area (Å²) in [6, 6.07) is 6.67. The summed E-state index contributed by atoms with van der Waals surface area (Å²) in [5, 5.41) is 2.50. The third-order valence-corrected chi connectivity index (χ3v) is 4.53. The molecule has 0 radical (unpaired) electrons. The molecule has 0 unspecified atom stereocenters. The van der Waals surface area contributed by atoms with Gasteiger partial charge in [-0.3, -0.25) is 9.62 Å². The lowest BCUT2D eigenvalue weighted by Crippen LogP contribution is -2.25. The van der Waals surface area contributed by atoms with E-state index < -0.39 is 16.1 Å². The van der Waals surface area contributed by atoms with Crippen LogP contribution in [0.1, 0.15) is 6.42 Å². The predicted octanol–water partition coefficient (Wildman–Crippen LogP) is 1.40. The van der Waals surface area contributed by atoms with Crippen LogP contribution in [0.3, 0.4) is 0 Å². The van der Waals surface area contributed by atoms with Gasteiger partial charge in [-0.05, 0) is 24.6 Å². The van der Waals surface area contributed by atoms with E-state index >= 15 is 0 Å². The number of amides is 1. The molecule has 1 fully saturated rings. The number of ether oxygens (including phenoxy) is 1. The van der Waals surface area contributed by atoms with Gasteiger partial charge in [-0.25, -0.2) is 13.2 Å². The standard InChI is InChI=1S/C11H14N2O4S/c1-17-11(14)12-9-4-2-5-10(8-9)13-6-3-7-18(13,15)16/h2,4-5,8H,3,6-7H2,1H3,(H,12,14). The van der Waals surface area contributed by atoms with Gasteiger partial charge in [0, 0.05) is 12.2 Å². The topological polar surface area (TPSA) is 75.7 Å². The van der Waals surface area contributed by atoms with Crippen molar-refractivity contribution in [2.45, 2.75) is 6.42 Å². The van der Waals surface area contributed by atoms with Gasteiger partial charge in [-0.1, -0.05) is 6.07 Å². The smallest absolute Gasteiger partial charge is 0.411 e. The molecule has 18 heavy (non-hydrogen) atoms. The quantitative estimate of drug-likeness (QED) is 0.881. The van der Waals surface area contributed by atoms with Crippen LogP contribution in [0.4, 0.5) is 16.2 Å². The fraction of sp³-hybridized carbons (Fsp3) is 0.364. The Hall–Kier alpha value is -1.76. The number of sulfonamides is 1. The summed E-state index contributed by atoms with van der Waals surface area (Å²) < 4.78 is 29.4. The Bertz CT molecular complexity index is 556. The Morgan fingerprint density at radius 3 is 2.83 bits per heavy atom. The van der Waals surface area contributed by atoms with Crippen LogP contribution in [0.15, 0.2) is 24.3 Å². The molecule has 1 amide bonds. The van der Waals surface area contributed by atoms with Crippen LogP contribution in [-0.2, 0) is 14.8 Å². The second kappa shape index (κ2) is 4.85. The van der Waals surface area contributed by atoms with Crippen LogP contribution in [0.5, 0.6) is 0 Å². The van der Waals surface area contributed by atoms with E-state index in [0.717, 1.165) is 0 Å². The number of anilines is 2. The SMILES string of the molecule is COC(=O)Nc1cccc(N2CCCS2(=O)=O)c1. The van der Waals surface area contributed by atoms with Crippen LogP contribution in [0.25, 0.3) is 0 Å². The molecule has 1 aromatic carbocycles. The van der Waals surface area contributed by atoms with Crippen LogP contribution >= 0.6 is 0 Å². The summed E-state index contributed by atoms with van der Waals surface area (Å²) in [5.41, 5.74) is 1.06. The van der Waals surface area contributed by atoms with Crippen LogP contribution in [0.2, 0.25) is 0 Å². The second-order valence-corrected chi connectivity index (χ2v) is 5.92. The third-order valence-electron chi connectivity index (χ3n) is 2.67. The summed E-state index contributed by atoms with van der Waals surface area (Å²) in [7, 11) is -1.93. The van der Waals surface area contributed by atoms with E-state index in [0.29, 0.717) is 24.3 Å². The van der Waals surface area contributed by atoms with Gasteiger partial charge in [0.2, 0.25) is 10.0 Å². The number of carbonyl (C=O) groups excluding carboxylic acids is 1. The number of nitrogens with one attached hydrogen (secondary N) is 1. The summed E-state index contributed by atoms with van der Waals surface area (Å²) in [6.45, 7) is 0.476. The lowest BCUT2D eigenvalue weighted by molar-refractivity contribution is 0.187. The Morgan fingerprint density at radius 2 is 2.22 bits per heavy atom. The predicted molar refractivity (Wildman–Crippen MR) is 68.2 cm³/mol. The van der Waals surface area contributed by atoms with Crippen LogP contribution < -0.4 is 9.62 Å². The molecule has 0 aromatic heterocycles. The van der Waals surface area contributed by atoms with E-state index in [1.54, 1.807) is 24.3 Å². The maximum absolute atomic E-state index is 11.8. The highest BCUT2D eigenvalue weighted by molar-refractivity contribution is 7.93. The molecule has 1 aliphatic rings. The number of carbonyl (C=O) groups is 1. The molecule has 2 rings (SSSR count). The molecule has 1 heterocycles. The minimum Gasteiger partial charge on any atom is -0.453 e. The van der Waals surface area contributed by atoms with Crippen molar-refractivity contribution in [3.8, 4) is 0 Å². The molecule has 0 spiro atoms. The van der Waals surface area contributed by atoms with Crippen molar-refractivity contribution >= 4 is 27.5 Å². The van der Waals surface area contributed by atoms with Crippen molar-refractivity contribution in [1.29, 1.82) is 0 Å². The average Bonchev–Trinajstić information content (AvgIpc) is 2.69. The van der Waals surface area contributed by atoms with Gasteiger partial charge in [0.25, 0.3) is 0 Å². The molecule has 7 heteroatoms. The third kappa shape index (κ3) is 2.56. The first-order valence-electron chi connectivity index (χ1n) is 5.48. The monoisotopic (exact) mass is 270 g/mol. The van der Waals surface area contributed by atoms with Gasteiger partial charge in [0.15, 0.2) is 0 Å². The van der Waals surface area contributed by atoms with Crippen molar-refractivity contribution in [2.75, 3.05) is 29.0 Å². The van der Waals surface area contributed by atoms with Gasteiger partial charge in [0.05, 0.1) is 18.6 Å². The molecule has 1 aliphatic heterocycles. The number of hydrogen-bond donors (Lipinski definition) is 1. The summed E-state index contributed by atoms with van der Waals surface area (Å²) in [5.74, 6) is 0.168. The minimum atomic E-state index is -3.20. The van der Waals surface area contributed by atoms with Crippen molar-refractivity contribution in [3.05, 3.63) is 24.3 Å². The molecule has 1 aromatic rings. The van der Waals surface area contributed by atoms with Crippen molar-refractivity contribution in [2.24, 2.45) is 0 Å². The molecule has 0 atom stereocenters. The van der Waals surface area contributed by atoms with Gasteiger partial charge in [0.1, 0.15) is 0 Å². The first-order chi connectivity index (χ1) is 8.53. The lowest BCUT2D eigenvalue weighted by atomic mass is 10.2. The van der Waals surface area contributed by atoms with Crippen molar-refractivity contribution in [1.82, 2.24) is 0 Å². The molecular formula is C11H14N2O4S. The van der Waals surface area contributed by atoms with E-state index in [4.69, 9.17) is 0 Å². The Balaban J connectivity index is 2.25. The summed E-state index contributed by atoms with van der Waals surface area (Å²) in [4.78, 5) is 11.1. The Labute approximate surface area is 106 Å². The zero-order chi connectivity index (χ0) is 13.2. The van der Waals surface area contributed by atoms with E-state index in [1.807, 2.05) is 0 Å². The first kappa shape index (κ1) is 12.7. The number of benzene rings is 1. The fourth-order valence-electron chi connectivity index (χ4n) is 1.84. The number of methoxy groups -OCH3 is 1. The molecule has 1 N–H and O–H groups in total. The number of hydrogen-bond acceptors (Lipinski definition) is 4. The van der Waals surface area contributed by atoms with Crippen molar-refractivity contribution < 1.29 is 17.9 Å². The maximum atomic E-state index is 11.8. The first-order valence-corrected chi connectivity index (χ1v) is 7.09. The second-order valence-electron chi connectivity index (χ2n) is 3.91. The fourth-order valence-corrected chi connectivity index (χ4v) is 3.39. The van der Waals surface area contributed by atoms with Gasteiger partial charge in [-0.15, -0.1) is 0 Å². The van der Waals surface area contributed by atoms with Crippen molar-refractivity contribution in [3.63, 3.8) is 0 Å². The van der Waals surface area contributed by atoms with Gasteiger partial charge < -0.3 is 4.74 Å². The Kier molecular flexibility index (Phi) is 3.42. The highest BCUT2D eigenvalue weighted by Crippen LogP contribution is 2.26. The zero-order valence-electron chi connectivity index (χ0n) is 9.92. The molecular weight excluding hydrogens is 256 g/mol.